The summed E-state index contributed by atoms with van der Waals surface area (Å²) in [6, 6.07) is 2.95. The minimum absolute atomic E-state index is 0.106. The Morgan fingerprint density at radius 1 is 0.816 bits per heavy atom. The number of nitrogens with one attached hydrogen (secondary N) is 5. The number of halogens is 1. The van der Waals surface area contributed by atoms with Crippen LogP contribution in [0.1, 0.15) is 164 Å². The SMILES string of the molecule is CC.CC.CC.CC(=O)O.CNC(C)(S)OCCC(C)(C)NC(=O)C(CCCCNC(=O)CNC(=O)c1cc(COC(=O)F)ccc1OC1CC(O)CC(C(=O)O)O1)NC(=O)COC(C)(C)CCOC(C)(C)CCOC. The molecule has 0 spiro atoms. The second-order valence-electron chi connectivity index (χ2n) is 18.5. The number of aliphatic hydroxyl groups excluding tert-OH is 1. The lowest BCUT2D eigenvalue weighted by Gasteiger charge is -2.31. The molecule has 1 aliphatic heterocycles. The van der Waals surface area contributed by atoms with Gasteiger partial charge in [-0.15, -0.1) is 17.0 Å². The average molecular weight is 1110 g/mol. The van der Waals surface area contributed by atoms with Crippen LogP contribution in [0.25, 0.3) is 0 Å². The Labute approximate surface area is 456 Å². The predicted octanol–water partition coefficient (Wildman–Crippen LogP) is 6.43. The van der Waals surface area contributed by atoms with Gasteiger partial charge in [-0.1, -0.05) is 47.6 Å². The average Bonchev–Trinajstić information content (AvgIpc) is 3.34. The Kier molecular flexibility index (Phi) is 40.3. The van der Waals surface area contributed by atoms with Gasteiger partial charge < -0.3 is 69.7 Å². The van der Waals surface area contributed by atoms with Crippen molar-refractivity contribution in [1.29, 1.82) is 0 Å². The number of aliphatic carboxylic acids is 2. The zero-order valence-electron chi connectivity index (χ0n) is 48.0. The molecule has 8 N–H and O–H groups in total. The summed E-state index contributed by atoms with van der Waals surface area (Å²) in [7, 11) is 3.34. The van der Waals surface area contributed by atoms with Crippen molar-refractivity contribution >= 4 is 54.4 Å². The lowest BCUT2D eigenvalue weighted by Crippen LogP contribution is -2.54. The van der Waals surface area contributed by atoms with Gasteiger partial charge in [0.25, 0.3) is 11.9 Å². The summed E-state index contributed by atoms with van der Waals surface area (Å²) in [6.07, 6.45) is -3.34. The minimum atomic E-state index is -2.04. The predicted molar refractivity (Wildman–Crippen MR) is 289 cm³/mol. The van der Waals surface area contributed by atoms with Gasteiger partial charge in [0.1, 0.15) is 25.0 Å². The third-order valence-electron chi connectivity index (χ3n) is 10.5. The molecular weight excluding hydrogens is 1020 g/mol. The fraction of sp³-hybridized carbons (Fsp3) is 0.750. The fourth-order valence-electron chi connectivity index (χ4n) is 6.23. The molecule has 1 aliphatic rings. The monoisotopic (exact) mass is 1110 g/mol. The van der Waals surface area contributed by atoms with Crippen molar-refractivity contribution in [2.24, 2.45) is 0 Å². The van der Waals surface area contributed by atoms with E-state index in [0.29, 0.717) is 45.3 Å². The number of ether oxygens (including phenoxy) is 7. The smallest absolute Gasteiger partial charge is 0.481 e. The van der Waals surface area contributed by atoms with Gasteiger partial charge in [-0.3, -0.25) is 29.3 Å². The molecule has 0 aliphatic carbocycles. The van der Waals surface area contributed by atoms with Crippen LogP contribution >= 0.6 is 12.6 Å². The lowest BCUT2D eigenvalue weighted by molar-refractivity contribution is -0.195. The molecule has 1 saturated heterocycles. The topological polar surface area (TPSA) is 305 Å². The molecule has 1 fully saturated rings. The van der Waals surface area contributed by atoms with Crippen LogP contribution < -0.4 is 31.3 Å². The van der Waals surface area contributed by atoms with E-state index in [1.165, 1.54) is 18.2 Å². The standard InChI is InChI=1S/C44H72FN5O15S.C2H4O2.3C2H6/c1-41(2,15-20-62-44(7,66)46-8)50-38(55)31(49-35(53)27-63-43(5,6)17-21-61-42(3,4)16-19-59-9)12-10-11-18-47-34(52)25-48-37(54)30-22-28(26-60-40(45)58)13-14-32(30)64-36-24-29(51)23-33(65-36)39(56)57;1-2(3)4;3*1-2/h13-14,22,29,31,33,36,46,51,66H,10-12,15-21,23-27H2,1-9H3,(H,47,52)(H,48,54)(H,49,53)(H,50,55)(H,56,57);1H3,(H,3,4);3*1-2H3. The molecule has 24 heteroatoms. The number of hydrogen-bond donors (Lipinski definition) is 9. The molecule has 0 saturated carbocycles. The van der Waals surface area contributed by atoms with Crippen LogP contribution in [0.15, 0.2) is 18.2 Å². The van der Waals surface area contributed by atoms with Gasteiger partial charge >= 0.3 is 12.2 Å². The first-order valence-corrected chi connectivity index (χ1v) is 26.3. The Morgan fingerprint density at radius 3 is 1.96 bits per heavy atom. The number of unbranched alkanes of at least 4 members (excludes halogenated alkanes) is 1. The summed E-state index contributed by atoms with van der Waals surface area (Å²) in [5.74, 6) is -4.55. The summed E-state index contributed by atoms with van der Waals surface area (Å²) in [5, 5.41) is 40.0. The van der Waals surface area contributed by atoms with Crippen molar-refractivity contribution < 1.29 is 86.4 Å². The molecule has 1 aromatic carbocycles. The first-order chi connectivity index (χ1) is 35.5. The molecule has 1 aromatic rings. The number of carbonyl (C=O) groups excluding carboxylic acids is 5. The van der Waals surface area contributed by atoms with Crippen molar-refractivity contribution in [2.45, 2.75) is 201 Å². The summed E-state index contributed by atoms with van der Waals surface area (Å²) in [6.45, 7) is 26.2. The van der Waals surface area contributed by atoms with E-state index < -0.39 is 101 Å². The minimum Gasteiger partial charge on any atom is -0.481 e. The van der Waals surface area contributed by atoms with Crippen molar-refractivity contribution in [3.63, 3.8) is 0 Å². The van der Waals surface area contributed by atoms with Gasteiger partial charge in [-0.25, -0.2) is 9.59 Å². The largest absolute Gasteiger partial charge is 0.495 e. The molecule has 1 heterocycles. The van der Waals surface area contributed by atoms with Crippen LogP contribution in [0.3, 0.4) is 0 Å². The van der Waals surface area contributed by atoms with Crippen molar-refractivity contribution in [1.82, 2.24) is 26.6 Å². The number of rotatable bonds is 31. The summed E-state index contributed by atoms with van der Waals surface area (Å²) >= 11 is 4.40. The number of aliphatic hydroxyl groups is 1. The zero-order chi connectivity index (χ0) is 59.3. The van der Waals surface area contributed by atoms with E-state index in [1.807, 2.05) is 83.1 Å². The van der Waals surface area contributed by atoms with Gasteiger partial charge in [0, 0.05) is 45.6 Å². The van der Waals surface area contributed by atoms with E-state index in [-0.39, 0.29) is 55.9 Å². The second kappa shape index (κ2) is 40.5. The van der Waals surface area contributed by atoms with Crippen LogP contribution in [-0.4, -0.2) is 157 Å². The van der Waals surface area contributed by atoms with Gasteiger partial charge in [0.2, 0.25) is 24.0 Å². The number of carboxylic acid groups (broad SMARTS) is 2. The Bertz CT molecular complexity index is 1850. The van der Waals surface area contributed by atoms with Crippen molar-refractivity contribution in [3.8, 4) is 5.75 Å². The number of benzene rings is 1. The number of hydrogen-bond acceptors (Lipinski definition) is 17. The van der Waals surface area contributed by atoms with E-state index >= 15 is 0 Å². The number of thiol groups is 1. The third-order valence-corrected chi connectivity index (χ3v) is 10.8. The number of amides is 4. The maximum absolute atomic E-state index is 13.7. The number of carbonyl (C=O) groups is 7. The molecule has 76 heavy (non-hydrogen) atoms. The summed E-state index contributed by atoms with van der Waals surface area (Å²) in [4.78, 5) is 84.3. The van der Waals surface area contributed by atoms with Crippen LogP contribution in [0.5, 0.6) is 5.75 Å². The first-order valence-electron chi connectivity index (χ1n) is 25.8. The molecule has 0 bridgehead atoms. The molecule has 5 atom stereocenters. The number of carboxylic acids is 2. The van der Waals surface area contributed by atoms with Gasteiger partial charge in [0.15, 0.2) is 11.2 Å². The van der Waals surface area contributed by atoms with E-state index in [1.54, 1.807) is 21.1 Å². The fourth-order valence-corrected chi connectivity index (χ4v) is 6.33. The van der Waals surface area contributed by atoms with E-state index in [0.717, 1.165) is 6.92 Å². The Hall–Kier alpha value is -4.69. The van der Waals surface area contributed by atoms with E-state index in [2.05, 4.69) is 43.9 Å². The number of methoxy groups -OCH3 is 1. The maximum Gasteiger partial charge on any atom is 0.495 e. The zero-order valence-corrected chi connectivity index (χ0v) is 48.9. The van der Waals surface area contributed by atoms with Crippen molar-refractivity contribution in [2.75, 3.05) is 53.7 Å². The van der Waals surface area contributed by atoms with Gasteiger partial charge in [0.05, 0.1) is 42.6 Å². The van der Waals surface area contributed by atoms with E-state index in [4.69, 9.17) is 38.3 Å². The lowest BCUT2D eigenvalue weighted by atomic mass is 9.99. The maximum atomic E-state index is 13.7. The molecular formula is C52H94FN5O17S. The van der Waals surface area contributed by atoms with E-state index in [9.17, 15) is 43.4 Å². The molecule has 442 valence electrons. The van der Waals surface area contributed by atoms with Crippen molar-refractivity contribution in [3.05, 3.63) is 29.3 Å². The van der Waals surface area contributed by atoms with Crippen LogP contribution in [0.2, 0.25) is 0 Å². The molecule has 0 radical (unpaired) electrons. The van der Waals surface area contributed by atoms with Crippen LogP contribution in [-0.2, 0) is 59.0 Å². The highest BCUT2D eigenvalue weighted by atomic mass is 32.1. The summed E-state index contributed by atoms with van der Waals surface area (Å²) < 4.78 is 51.2. The molecule has 5 unspecified atom stereocenters. The highest BCUT2D eigenvalue weighted by molar-refractivity contribution is 7.81. The third kappa shape index (κ3) is 37.1. The Morgan fingerprint density at radius 2 is 1.39 bits per heavy atom. The van der Waals surface area contributed by atoms with Crippen LogP contribution in [0, 0.1) is 0 Å². The highest BCUT2D eigenvalue weighted by Gasteiger charge is 2.35. The highest BCUT2D eigenvalue weighted by Crippen LogP contribution is 2.28. The second-order valence-corrected chi connectivity index (χ2v) is 19.4. The van der Waals surface area contributed by atoms with Gasteiger partial charge in [-0.2, -0.15) is 0 Å². The Balaban J connectivity index is -0.00000495. The first kappa shape index (κ1) is 75.5. The molecule has 0 aromatic heterocycles. The molecule has 4 amide bonds. The van der Waals surface area contributed by atoms with Gasteiger partial charge in [-0.05, 0) is 112 Å². The summed E-state index contributed by atoms with van der Waals surface area (Å²) in [5.41, 5.74) is -1.82. The molecule has 22 nitrogen and oxygen atoms in total. The van der Waals surface area contributed by atoms with Crippen LogP contribution in [0.4, 0.5) is 9.18 Å². The quantitative estimate of drug-likeness (QED) is 0.0167. The molecule has 2 rings (SSSR count). The normalized spacial score (nSPS) is 16.2.